The van der Waals surface area contributed by atoms with Gasteiger partial charge in [0.1, 0.15) is 0 Å². The van der Waals surface area contributed by atoms with Crippen LogP contribution in [0, 0.1) is 5.92 Å². The summed E-state index contributed by atoms with van der Waals surface area (Å²) >= 11 is 1.39. The second-order valence-corrected chi connectivity index (χ2v) is 9.83. The number of nitrogens with zero attached hydrogens (tertiary/aromatic N) is 4. The molecule has 1 aliphatic rings. The van der Waals surface area contributed by atoms with E-state index in [1.807, 2.05) is 35.6 Å². The number of aromatic nitrogens is 4. The Hall–Kier alpha value is -2.35. The molecule has 0 saturated heterocycles. The molecule has 1 atom stereocenters. The summed E-state index contributed by atoms with van der Waals surface area (Å²) in [5.41, 5.74) is 0.726. The lowest BCUT2D eigenvalue weighted by Gasteiger charge is -2.16. The summed E-state index contributed by atoms with van der Waals surface area (Å²) in [4.78, 5) is 25.8. The van der Waals surface area contributed by atoms with Gasteiger partial charge in [-0.2, -0.15) is 0 Å². The predicted molar refractivity (Wildman–Crippen MR) is 120 cm³/mol. The highest BCUT2D eigenvalue weighted by Gasteiger charge is 2.24. The van der Waals surface area contributed by atoms with Crippen LogP contribution in [0.15, 0.2) is 34.2 Å². The molecule has 1 amide bonds. The Balaban J connectivity index is 1.70. The molecule has 3 aromatic rings. The zero-order valence-corrected chi connectivity index (χ0v) is 18.6. The van der Waals surface area contributed by atoms with Crippen molar-refractivity contribution in [3.05, 3.63) is 34.6 Å². The maximum atomic E-state index is 13.1. The minimum atomic E-state index is -0.298. The zero-order valence-electron chi connectivity index (χ0n) is 17.8. The molecule has 0 aliphatic heterocycles. The number of nitrogens with one attached hydrogen (secondary N) is 1. The molecular formula is C22H29N5O2S. The van der Waals surface area contributed by atoms with E-state index in [2.05, 4.69) is 29.4 Å². The van der Waals surface area contributed by atoms with Crippen LogP contribution in [-0.2, 0) is 11.3 Å². The van der Waals surface area contributed by atoms with E-state index in [4.69, 9.17) is 0 Å². The second kappa shape index (κ2) is 8.79. The number of thioether (sulfide) groups is 1. The van der Waals surface area contributed by atoms with Crippen molar-refractivity contribution in [1.82, 2.24) is 24.5 Å². The monoisotopic (exact) mass is 427 g/mol. The van der Waals surface area contributed by atoms with E-state index in [1.165, 1.54) is 24.6 Å². The van der Waals surface area contributed by atoms with Crippen molar-refractivity contribution >= 4 is 34.3 Å². The van der Waals surface area contributed by atoms with Gasteiger partial charge in [-0.15, -0.1) is 10.2 Å². The van der Waals surface area contributed by atoms with Crippen molar-refractivity contribution in [2.24, 2.45) is 5.92 Å². The van der Waals surface area contributed by atoms with Crippen LogP contribution in [0.3, 0.4) is 0 Å². The smallest absolute Gasteiger partial charge is 0.262 e. The van der Waals surface area contributed by atoms with E-state index >= 15 is 0 Å². The lowest BCUT2D eigenvalue weighted by Crippen LogP contribution is -2.37. The minimum absolute atomic E-state index is 0.0288. The molecule has 1 aromatic carbocycles. The normalized spacial score (nSPS) is 16.0. The Bertz CT molecular complexity index is 1110. The first-order chi connectivity index (χ1) is 14.5. The Morgan fingerprint density at radius 3 is 2.67 bits per heavy atom. The van der Waals surface area contributed by atoms with Crippen molar-refractivity contribution in [3.8, 4) is 0 Å². The number of fused-ring (bicyclic) bond motifs is 3. The first-order valence-electron chi connectivity index (χ1n) is 10.8. The predicted octanol–water partition coefficient (Wildman–Crippen LogP) is 3.63. The van der Waals surface area contributed by atoms with Gasteiger partial charge in [0.15, 0.2) is 5.16 Å². The number of benzene rings is 1. The molecule has 7 nitrogen and oxygen atoms in total. The molecule has 1 fully saturated rings. The molecule has 30 heavy (non-hydrogen) atoms. The molecule has 1 N–H and O–H groups in total. The fourth-order valence-corrected chi connectivity index (χ4v) is 4.86. The Kier molecular flexibility index (Phi) is 6.13. The molecular weight excluding hydrogens is 398 g/mol. The van der Waals surface area contributed by atoms with E-state index in [-0.39, 0.29) is 22.8 Å². The quantitative estimate of drug-likeness (QED) is 0.582. The lowest BCUT2D eigenvalue weighted by atomic mass is 10.1. The van der Waals surface area contributed by atoms with Gasteiger partial charge in [0.2, 0.25) is 11.7 Å². The van der Waals surface area contributed by atoms with E-state index in [9.17, 15) is 9.59 Å². The molecule has 0 bridgehead atoms. The molecule has 2 heterocycles. The van der Waals surface area contributed by atoms with Crippen LogP contribution in [0.4, 0.5) is 0 Å². The first kappa shape index (κ1) is 20.9. The minimum Gasteiger partial charge on any atom is -0.352 e. The summed E-state index contributed by atoms with van der Waals surface area (Å²) in [5.74, 6) is 1.03. The van der Waals surface area contributed by atoms with Gasteiger partial charge in [-0.05, 0) is 44.2 Å². The van der Waals surface area contributed by atoms with Crippen molar-refractivity contribution < 1.29 is 4.79 Å². The number of carbonyl (C=O) groups excluding carboxylic acids is 1. The molecule has 4 rings (SSSR count). The van der Waals surface area contributed by atoms with Crippen molar-refractivity contribution in [2.45, 2.75) is 75.9 Å². The summed E-state index contributed by atoms with van der Waals surface area (Å²) in [5, 5.41) is 12.8. The fraction of sp³-hybridized carbons (Fsp3) is 0.545. The summed E-state index contributed by atoms with van der Waals surface area (Å²) in [7, 11) is 0. The summed E-state index contributed by atoms with van der Waals surface area (Å²) in [6.45, 7) is 6.76. The van der Waals surface area contributed by atoms with Gasteiger partial charge in [0.05, 0.1) is 16.2 Å². The van der Waals surface area contributed by atoms with E-state index in [0.717, 1.165) is 24.8 Å². The highest BCUT2D eigenvalue weighted by molar-refractivity contribution is 8.00. The maximum Gasteiger partial charge on any atom is 0.262 e. The van der Waals surface area contributed by atoms with Crippen molar-refractivity contribution in [1.29, 1.82) is 0 Å². The van der Waals surface area contributed by atoms with E-state index < -0.39 is 0 Å². The number of aryl methyl sites for hydroxylation is 1. The summed E-state index contributed by atoms with van der Waals surface area (Å²) < 4.78 is 3.63. The standard InChI is InChI=1S/C22H29N5O2S/c1-14(2)12-13-26-20(29)17-10-6-7-11-18(17)27-21(26)24-25-22(27)30-15(3)19(28)23-16-8-4-5-9-16/h6-7,10-11,14-16H,4-5,8-9,12-13H2,1-3H3,(H,23,28)/t15-/m0/s1. The summed E-state index contributed by atoms with van der Waals surface area (Å²) in [6, 6.07) is 7.82. The SMILES string of the molecule is CC(C)CCn1c(=O)c2ccccc2n2c(S[C@@H](C)C(=O)NC3CCCC3)nnc12. The third-order valence-corrected chi connectivity index (χ3v) is 6.80. The van der Waals surface area contributed by atoms with Crippen LogP contribution >= 0.6 is 11.8 Å². The average molecular weight is 428 g/mol. The van der Waals surface area contributed by atoms with Crippen LogP contribution in [0.25, 0.3) is 16.7 Å². The van der Waals surface area contributed by atoms with E-state index in [0.29, 0.717) is 28.8 Å². The van der Waals surface area contributed by atoms with Crippen LogP contribution < -0.4 is 10.9 Å². The Morgan fingerprint density at radius 1 is 1.20 bits per heavy atom. The fourth-order valence-electron chi connectivity index (χ4n) is 4.00. The van der Waals surface area contributed by atoms with Crippen molar-refractivity contribution in [2.75, 3.05) is 0 Å². The molecule has 1 saturated carbocycles. The number of amides is 1. The van der Waals surface area contributed by atoms with Crippen LogP contribution in [0.1, 0.15) is 52.9 Å². The highest BCUT2D eigenvalue weighted by atomic mass is 32.2. The van der Waals surface area contributed by atoms with E-state index in [1.54, 1.807) is 4.57 Å². The molecule has 8 heteroatoms. The topological polar surface area (TPSA) is 81.3 Å². The number of carbonyl (C=O) groups is 1. The van der Waals surface area contributed by atoms with Gasteiger partial charge in [-0.3, -0.25) is 18.6 Å². The molecule has 160 valence electrons. The largest absolute Gasteiger partial charge is 0.352 e. The number of rotatable bonds is 7. The van der Waals surface area contributed by atoms with Crippen molar-refractivity contribution in [3.63, 3.8) is 0 Å². The van der Waals surface area contributed by atoms with Gasteiger partial charge in [-0.25, -0.2) is 0 Å². The molecule has 0 radical (unpaired) electrons. The van der Waals surface area contributed by atoms with Crippen LogP contribution in [-0.4, -0.2) is 36.4 Å². The van der Waals surface area contributed by atoms with Gasteiger partial charge in [0.25, 0.3) is 5.56 Å². The Labute approximate surface area is 180 Å². The highest BCUT2D eigenvalue weighted by Crippen LogP contribution is 2.26. The summed E-state index contributed by atoms with van der Waals surface area (Å²) in [6.07, 6.45) is 5.36. The lowest BCUT2D eigenvalue weighted by molar-refractivity contribution is -0.120. The van der Waals surface area contributed by atoms with Gasteiger partial charge < -0.3 is 5.32 Å². The number of hydrogen-bond donors (Lipinski definition) is 1. The average Bonchev–Trinajstić information content (AvgIpc) is 3.38. The molecule has 0 spiro atoms. The third-order valence-electron chi connectivity index (χ3n) is 5.76. The van der Waals surface area contributed by atoms with Gasteiger partial charge in [-0.1, -0.05) is 50.6 Å². The second-order valence-electron chi connectivity index (χ2n) is 8.52. The van der Waals surface area contributed by atoms with Crippen LogP contribution in [0.5, 0.6) is 0 Å². The molecule has 0 unspecified atom stereocenters. The number of para-hydroxylation sites is 1. The first-order valence-corrected chi connectivity index (χ1v) is 11.7. The van der Waals surface area contributed by atoms with Gasteiger partial charge in [0, 0.05) is 12.6 Å². The Morgan fingerprint density at radius 2 is 1.93 bits per heavy atom. The zero-order chi connectivity index (χ0) is 21.3. The van der Waals surface area contributed by atoms with Gasteiger partial charge >= 0.3 is 0 Å². The maximum absolute atomic E-state index is 13.1. The third kappa shape index (κ3) is 4.10. The number of hydrogen-bond acceptors (Lipinski definition) is 5. The molecule has 2 aromatic heterocycles. The molecule has 1 aliphatic carbocycles. The van der Waals surface area contributed by atoms with Crippen LogP contribution in [0.2, 0.25) is 0 Å².